The fourth-order valence-corrected chi connectivity index (χ4v) is 22.3. The van der Waals surface area contributed by atoms with E-state index >= 15 is 0 Å². The van der Waals surface area contributed by atoms with Crippen molar-refractivity contribution < 1.29 is 4.79 Å². The Labute approximate surface area is 444 Å². The van der Waals surface area contributed by atoms with Gasteiger partial charge >= 0.3 is 0 Å². The van der Waals surface area contributed by atoms with Gasteiger partial charge in [-0.15, -0.1) is 0 Å². The number of aromatic nitrogens is 4. The van der Waals surface area contributed by atoms with Crippen LogP contribution in [0.15, 0.2) is 23.3 Å². The Morgan fingerprint density at radius 1 is 0.562 bits per heavy atom. The van der Waals surface area contributed by atoms with Gasteiger partial charge in [0.2, 0.25) is 5.91 Å². The van der Waals surface area contributed by atoms with Gasteiger partial charge in [0.25, 0.3) is 0 Å². The van der Waals surface area contributed by atoms with E-state index in [-0.39, 0.29) is 69.5 Å². The van der Waals surface area contributed by atoms with E-state index in [9.17, 15) is 4.79 Å². The monoisotopic (exact) mass is 1000 g/mol. The molecule has 1 amide bonds. The molecule has 6 saturated carbocycles. The fraction of sp³-hybridized carbons (Fsp3) is 0.828. The van der Waals surface area contributed by atoms with Crippen molar-refractivity contribution in [1.82, 2.24) is 20.4 Å². The van der Waals surface area contributed by atoms with Crippen molar-refractivity contribution in [2.45, 2.75) is 238 Å². The number of hydrogen-bond donors (Lipinski definition) is 6. The Kier molecular flexibility index (Phi) is 12.4. The standard InChI is InChI=1S/C31H48N4O.C31H50N4.2CH4/c1-26(2)12-14-31(25(33)36)15-13-29(6)19(20(31)17-26)8-9-22-28(5)16-18-23(34-35-24(18)32)27(3,4)21(28)10-11-30(22,29)7;1-26(2)12-14-31(18-32)15-13-29(6)20(21(31)17-26)8-9-23-28(5)16-19-24(34-35-25(19)33)27(3,4)22(28)10-11-30(23,29)7;;/h8,20-22H,9-17H2,1-7H3,(H2,33,36)(H3,32,34,35);8,21-23H,9-18,32H2,1-7H3,(H3,33,34,35);2*1H4/t20?,21?,22?,28-,29+,30+,31-;21?,22?,23?,28-,29+,30+,31+;;/m00../s1. The molecule has 2 aromatic rings. The second kappa shape index (κ2) is 16.5. The topological polar surface area (TPSA) is 179 Å². The van der Waals surface area contributed by atoms with Gasteiger partial charge < -0.3 is 22.9 Å². The van der Waals surface area contributed by atoms with Crippen LogP contribution in [0.3, 0.4) is 0 Å². The summed E-state index contributed by atoms with van der Waals surface area (Å²) in [5.74, 6) is 4.82. The number of nitrogen functional groups attached to an aromatic ring is 2. The summed E-state index contributed by atoms with van der Waals surface area (Å²) in [6.45, 7) is 36.1. The number of hydrogen-bond acceptors (Lipinski definition) is 6. The lowest BCUT2D eigenvalue weighted by atomic mass is 9.33. The Balaban J connectivity index is 0.000000175. The van der Waals surface area contributed by atoms with Crippen molar-refractivity contribution >= 4 is 17.5 Å². The summed E-state index contributed by atoms with van der Waals surface area (Å²) >= 11 is 0. The lowest BCUT2D eigenvalue weighted by Gasteiger charge is -2.71. The molecule has 9 nitrogen and oxygen atoms in total. The third kappa shape index (κ3) is 6.87. The molecule has 10 aliphatic carbocycles. The smallest absolute Gasteiger partial charge is 0.224 e. The van der Waals surface area contributed by atoms with Crippen LogP contribution in [0.2, 0.25) is 0 Å². The first kappa shape index (κ1) is 54.7. The van der Waals surface area contributed by atoms with Gasteiger partial charge in [-0.2, -0.15) is 10.2 Å². The number of allylic oxidation sites excluding steroid dienone is 4. The summed E-state index contributed by atoms with van der Waals surface area (Å²) in [5.41, 5.74) is 36.3. The van der Waals surface area contributed by atoms with Gasteiger partial charge in [0.15, 0.2) is 0 Å². The lowest BCUT2D eigenvalue weighted by molar-refractivity contribution is -0.166. The minimum atomic E-state index is -0.349. The number of anilines is 2. The molecular weight excluding hydrogens is 897 g/mol. The van der Waals surface area contributed by atoms with Crippen LogP contribution in [0.1, 0.15) is 237 Å². The van der Waals surface area contributed by atoms with E-state index in [1.54, 1.807) is 11.1 Å². The normalized spacial score (nSPS) is 45.6. The number of nitrogens with zero attached hydrogens (tertiary/aromatic N) is 2. The molecule has 12 rings (SSSR count). The average molecular weight is 1000 g/mol. The number of primary amides is 1. The number of fused-ring (bicyclic) bond motifs is 16. The van der Waals surface area contributed by atoms with Crippen LogP contribution in [0.25, 0.3) is 0 Å². The highest BCUT2D eigenvalue weighted by Gasteiger charge is 2.71. The third-order valence-electron chi connectivity index (χ3n) is 26.8. The Hall–Kier alpha value is -3.07. The quantitative estimate of drug-likeness (QED) is 0.163. The first-order chi connectivity index (χ1) is 32.9. The molecule has 2 heterocycles. The molecule has 6 fully saturated rings. The van der Waals surface area contributed by atoms with Crippen LogP contribution in [-0.4, -0.2) is 32.8 Å². The molecule has 0 saturated heterocycles. The van der Waals surface area contributed by atoms with Crippen LogP contribution in [0.5, 0.6) is 0 Å². The van der Waals surface area contributed by atoms with Crippen molar-refractivity contribution in [1.29, 1.82) is 0 Å². The largest absolute Gasteiger partial charge is 0.382 e. The van der Waals surface area contributed by atoms with E-state index in [1.165, 1.54) is 86.7 Å². The van der Waals surface area contributed by atoms with Crippen molar-refractivity contribution in [3.8, 4) is 0 Å². The molecule has 0 bridgehead atoms. The Morgan fingerprint density at radius 3 is 1.41 bits per heavy atom. The molecule has 2 aromatic heterocycles. The maximum Gasteiger partial charge on any atom is 0.224 e. The predicted octanol–water partition coefficient (Wildman–Crippen LogP) is 14.3. The number of carbonyl (C=O) groups is 1. The molecule has 10 N–H and O–H groups in total. The van der Waals surface area contributed by atoms with Crippen molar-refractivity contribution in [2.24, 2.45) is 101 Å². The second-order valence-corrected chi connectivity index (χ2v) is 31.2. The van der Waals surface area contributed by atoms with E-state index in [1.807, 2.05) is 0 Å². The zero-order valence-electron chi connectivity index (χ0n) is 47.2. The SMILES string of the molecule is C.C.CC1(C)CC[C@]2(C(N)=O)CC[C@]3(C)C(=CCC4[C@@]5(C)Cc6c(N)n[nH]c6C(C)(C)C5CC[C@]43C)C2C1.CC1(C)CC[C@]2(CN)CC[C@]3(C)C(=CCC4[C@@]5(C)Cc6c(N)n[nH]c6C(C)(C)C5CC[C@]43C)C2C1. The predicted molar refractivity (Wildman–Crippen MR) is 303 cm³/mol. The molecule has 73 heavy (non-hydrogen) atoms. The molecule has 14 atom stereocenters. The number of carbonyl (C=O) groups excluding carboxylic acids is 1. The zero-order chi connectivity index (χ0) is 51.3. The van der Waals surface area contributed by atoms with Crippen molar-refractivity contribution in [2.75, 3.05) is 18.0 Å². The molecular formula is C64H106N8O. The van der Waals surface area contributed by atoms with Crippen LogP contribution in [0, 0.1) is 89.7 Å². The van der Waals surface area contributed by atoms with Gasteiger partial charge in [0, 0.05) is 33.3 Å². The number of rotatable bonds is 2. The summed E-state index contributed by atoms with van der Waals surface area (Å²) in [5, 5.41) is 15.6. The number of nitrogens with two attached hydrogens (primary N) is 4. The van der Waals surface area contributed by atoms with Gasteiger partial charge in [-0.05, 0) is 206 Å². The lowest BCUT2D eigenvalue weighted by Crippen LogP contribution is -2.65. The Bertz CT molecular complexity index is 2590. The number of H-pyrrole nitrogens is 2. The minimum Gasteiger partial charge on any atom is -0.382 e. The molecule has 0 aromatic carbocycles. The maximum atomic E-state index is 13.1. The molecule has 0 spiro atoms. The van der Waals surface area contributed by atoms with Crippen LogP contribution >= 0.6 is 0 Å². The number of amides is 1. The average Bonchev–Trinajstić information content (AvgIpc) is 3.85. The van der Waals surface area contributed by atoms with E-state index in [4.69, 9.17) is 22.9 Å². The van der Waals surface area contributed by atoms with Crippen molar-refractivity contribution in [3.05, 3.63) is 45.8 Å². The Morgan fingerprint density at radius 2 is 0.959 bits per heavy atom. The summed E-state index contributed by atoms with van der Waals surface area (Å²) < 4.78 is 0. The number of aromatic amines is 2. The van der Waals surface area contributed by atoms with E-state index < -0.39 is 0 Å². The second-order valence-electron chi connectivity index (χ2n) is 31.2. The highest BCUT2D eigenvalue weighted by molar-refractivity contribution is 5.82. The molecule has 6 unspecified atom stereocenters. The highest BCUT2D eigenvalue weighted by Crippen LogP contribution is 2.77. The van der Waals surface area contributed by atoms with Crippen LogP contribution in [0.4, 0.5) is 11.6 Å². The minimum absolute atomic E-state index is 0. The van der Waals surface area contributed by atoms with E-state index in [0.717, 1.165) is 63.7 Å². The first-order valence-electron chi connectivity index (χ1n) is 28.9. The highest BCUT2D eigenvalue weighted by atomic mass is 16.1. The van der Waals surface area contributed by atoms with Gasteiger partial charge in [-0.3, -0.25) is 15.0 Å². The summed E-state index contributed by atoms with van der Waals surface area (Å²) in [7, 11) is 0. The maximum absolute atomic E-state index is 13.1. The molecule has 0 radical (unpaired) electrons. The summed E-state index contributed by atoms with van der Waals surface area (Å²) in [6.07, 6.45) is 26.6. The summed E-state index contributed by atoms with van der Waals surface area (Å²) in [4.78, 5) is 13.1. The first-order valence-corrected chi connectivity index (χ1v) is 28.9. The fourth-order valence-electron chi connectivity index (χ4n) is 22.3. The molecule has 408 valence electrons. The van der Waals surface area contributed by atoms with E-state index in [0.29, 0.717) is 57.6 Å². The van der Waals surface area contributed by atoms with Gasteiger partial charge in [0.1, 0.15) is 11.6 Å². The third-order valence-corrected chi connectivity index (χ3v) is 26.8. The van der Waals surface area contributed by atoms with E-state index in [2.05, 4.69) is 129 Å². The molecule has 0 aliphatic heterocycles. The summed E-state index contributed by atoms with van der Waals surface area (Å²) in [6, 6.07) is 0. The zero-order valence-corrected chi connectivity index (χ0v) is 47.2. The van der Waals surface area contributed by atoms with Gasteiger partial charge in [-0.25, -0.2) is 0 Å². The molecule has 9 heteroatoms. The van der Waals surface area contributed by atoms with Crippen molar-refractivity contribution in [3.63, 3.8) is 0 Å². The number of nitrogens with one attached hydrogen (secondary N) is 2. The molecule has 10 aliphatic rings. The van der Waals surface area contributed by atoms with Crippen LogP contribution < -0.4 is 22.9 Å². The van der Waals surface area contributed by atoms with Gasteiger partial charge in [0.05, 0.1) is 5.41 Å². The van der Waals surface area contributed by atoms with Crippen LogP contribution in [-0.2, 0) is 28.5 Å². The van der Waals surface area contributed by atoms with Gasteiger partial charge in [-0.1, -0.05) is 135 Å².